The Balaban J connectivity index is 2.59. The van der Waals surface area contributed by atoms with Crippen LogP contribution in [0.5, 0.6) is 0 Å². The van der Waals surface area contributed by atoms with E-state index in [1.165, 1.54) is 6.07 Å². The first-order valence-electron chi connectivity index (χ1n) is 4.52. The fraction of sp³-hybridized carbons (Fsp3) is 0.100. The highest BCUT2D eigenvalue weighted by Crippen LogP contribution is 2.25. The lowest BCUT2D eigenvalue weighted by Crippen LogP contribution is -1.95. The quantitative estimate of drug-likeness (QED) is 0.723. The first kappa shape index (κ1) is 10.6. The normalized spacial score (nSPS) is 10.7. The number of aromatic amines is 1. The average Bonchev–Trinajstić information content (AvgIpc) is 2.68. The van der Waals surface area contributed by atoms with Crippen molar-refractivity contribution in [2.24, 2.45) is 0 Å². The van der Waals surface area contributed by atoms with E-state index in [-0.39, 0.29) is 11.4 Å². The number of halogens is 2. The van der Waals surface area contributed by atoms with E-state index in [1.807, 2.05) is 0 Å². The molecule has 0 atom stereocenters. The van der Waals surface area contributed by atoms with Crippen LogP contribution >= 0.6 is 0 Å². The van der Waals surface area contributed by atoms with E-state index < -0.39 is 18.2 Å². The van der Waals surface area contributed by atoms with Crippen molar-refractivity contribution in [3.63, 3.8) is 0 Å². The highest BCUT2D eigenvalue weighted by atomic mass is 19.2. The molecule has 2 aromatic rings. The monoisotopic (exact) mass is 225 g/mol. The van der Waals surface area contributed by atoms with Gasteiger partial charge in [0.1, 0.15) is 5.82 Å². The van der Waals surface area contributed by atoms with E-state index in [2.05, 4.69) is 10.2 Å². The number of hydrogen-bond donors (Lipinski definition) is 3. The first-order chi connectivity index (χ1) is 7.61. The van der Waals surface area contributed by atoms with Gasteiger partial charge in [0.05, 0.1) is 12.3 Å². The predicted molar refractivity (Wildman–Crippen MR) is 54.3 cm³/mol. The molecular formula is C10H9F2N3O. The highest BCUT2D eigenvalue weighted by Gasteiger charge is 2.12. The number of anilines is 1. The summed E-state index contributed by atoms with van der Waals surface area (Å²) in [5.74, 6) is -1.75. The van der Waals surface area contributed by atoms with Crippen molar-refractivity contribution in [3.8, 4) is 11.3 Å². The minimum atomic E-state index is -1.000. The molecule has 0 aliphatic heterocycles. The molecule has 4 N–H and O–H groups in total. The molecule has 0 spiro atoms. The molecule has 1 heterocycles. The summed E-state index contributed by atoms with van der Waals surface area (Å²) in [6, 6.07) is 3.42. The third kappa shape index (κ3) is 1.74. The Morgan fingerprint density at radius 3 is 2.50 bits per heavy atom. The number of aliphatic hydroxyl groups excluding tert-OH is 1. The predicted octanol–water partition coefficient (Wildman–Crippen LogP) is 1.43. The molecule has 0 bridgehead atoms. The zero-order chi connectivity index (χ0) is 11.7. The van der Waals surface area contributed by atoms with Gasteiger partial charge in [-0.1, -0.05) is 0 Å². The van der Waals surface area contributed by atoms with Crippen molar-refractivity contribution in [1.82, 2.24) is 10.2 Å². The largest absolute Gasteiger partial charge is 0.392 e. The van der Waals surface area contributed by atoms with E-state index in [9.17, 15) is 8.78 Å². The molecular weight excluding hydrogens is 216 g/mol. The highest BCUT2D eigenvalue weighted by molar-refractivity contribution is 5.66. The van der Waals surface area contributed by atoms with E-state index in [0.29, 0.717) is 11.3 Å². The lowest BCUT2D eigenvalue weighted by Gasteiger charge is -2.05. The van der Waals surface area contributed by atoms with Crippen LogP contribution < -0.4 is 5.73 Å². The van der Waals surface area contributed by atoms with Gasteiger partial charge in [0.25, 0.3) is 0 Å². The molecule has 0 saturated heterocycles. The van der Waals surface area contributed by atoms with Crippen LogP contribution in [0.1, 0.15) is 5.56 Å². The number of hydrogen-bond acceptors (Lipinski definition) is 3. The zero-order valence-corrected chi connectivity index (χ0v) is 8.17. The van der Waals surface area contributed by atoms with Crippen LogP contribution in [0.4, 0.5) is 14.6 Å². The molecule has 1 aromatic heterocycles. The summed E-state index contributed by atoms with van der Waals surface area (Å²) in [5.41, 5.74) is 6.44. The third-order valence-electron chi connectivity index (χ3n) is 2.20. The molecule has 4 nitrogen and oxygen atoms in total. The van der Waals surface area contributed by atoms with Gasteiger partial charge in [-0.3, -0.25) is 5.10 Å². The summed E-state index contributed by atoms with van der Waals surface area (Å²) in [5, 5.41) is 15.3. The average molecular weight is 225 g/mol. The Morgan fingerprint density at radius 2 is 1.94 bits per heavy atom. The van der Waals surface area contributed by atoms with Crippen LogP contribution in [-0.4, -0.2) is 15.3 Å². The molecule has 6 heteroatoms. The van der Waals surface area contributed by atoms with Crippen molar-refractivity contribution >= 4 is 5.82 Å². The van der Waals surface area contributed by atoms with Crippen LogP contribution in [0.15, 0.2) is 18.2 Å². The summed E-state index contributed by atoms with van der Waals surface area (Å²) in [6.45, 7) is -0.397. The minimum Gasteiger partial charge on any atom is -0.392 e. The van der Waals surface area contributed by atoms with Gasteiger partial charge in [0.2, 0.25) is 0 Å². The van der Waals surface area contributed by atoms with Crippen LogP contribution in [0.25, 0.3) is 11.3 Å². The van der Waals surface area contributed by atoms with Crippen molar-refractivity contribution in [1.29, 1.82) is 0 Å². The second kappa shape index (κ2) is 3.90. The van der Waals surface area contributed by atoms with E-state index >= 15 is 0 Å². The van der Waals surface area contributed by atoms with Crippen molar-refractivity contribution in [2.45, 2.75) is 6.61 Å². The van der Waals surface area contributed by atoms with Crippen molar-refractivity contribution < 1.29 is 13.9 Å². The second-order valence-electron chi connectivity index (χ2n) is 3.29. The number of H-pyrrole nitrogens is 1. The summed E-state index contributed by atoms with van der Waals surface area (Å²) in [7, 11) is 0. The second-order valence-corrected chi connectivity index (χ2v) is 3.29. The van der Waals surface area contributed by atoms with Crippen molar-refractivity contribution in [3.05, 3.63) is 35.4 Å². The minimum absolute atomic E-state index is 0.239. The van der Waals surface area contributed by atoms with Gasteiger partial charge < -0.3 is 10.8 Å². The maximum absolute atomic E-state index is 13.1. The number of aromatic nitrogens is 2. The zero-order valence-electron chi connectivity index (χ0n) is 8.17. The van der Waals surface area contributed by atoms with Crippen LogP contribution in [0, 0.1) is 11.6 Å². The van der Waals surface area contributed by atoms with E-state index in [4.69, 9.17) is 10.8 Å². The number of nitrogens with zero attached hydrogens (tertiary/aromatic N) is 1. The van der Waals surface area contributed by atoms with Crippen LogP contribution in [0.2, 0.25) is 0 Å². The molecule has 84 valence electrons. The molecule has 0 aliphatic carbocycles. The topological polar surface area (TPSA) is 74.9 Å². The fourth-order valence-corrected chi connectivity index (χ4v) is 1.44. The van der Waals surface area contributed by atoms with E-state index in [0.717, 1.165) is 12.1 Å². The molecule has 16 heavy (non-hydrogen) atoms. The van der Waals surface area contributed by atoms with Crippen LogP contribution in [0.3, 0.4) is 0 Å². The lowest BCUT2D eigenvalue weighted by atomic mass is 10.0. The van der Waals surface area contributed by atoms with Gasteiger partial charge in [-0.15, -0.1) is 0 Å². The molecule has 0 fully saturated rings. The standard InChI is InChI=1S/C10H9F2N3O/c11-7-1-5(4-16)6(2-8(7)12)9-3-10(13)15-14-9/h1-3,16H,4H2,(H3,13,14,15). The Kier molecular flexibility index (Phi) is 2.57. The molecule has 0 aliphatic rings. The number of nitrogens with one attached hydrogen (secondary N) is 1. The number of rotatable bonds is 2. The number of aliphatic hydroxyl groups is 1. The van der Waals surface area contributed by atoms with E-state index in [1.54, 1.807) is 0 Å². The van der Waals surface area contributed by atoms with Gasteiger partial charge >= 0.3 is 0 Å². The summed E-state index contributed by atoms with van der Waals surface area (Å²) < 4.78 is 26.0. The maximum Gasteiger partial charge on any atom is 0.159 e. The maximum atomic E-state index is 13.1. The molecule has 0 radical (unpaired) electrons. The number of nitrogen functional groups attached to an aromatic ring is 1. The fourth-order valence-electron chi connectivity index (χ4n) is 1.44. The third-order valence-corrected chi connectivity index (χ3v) is 2.20. The Labute approximate surface area is 89.7 Å². The summed E-state index contributed by atoms with van der Waals surface area (Å²) >= 11 is 0. The molecule has 0 amide bonds. The first-order valence-corrected chi connectivity index (χ1v) is 4.52. The van der Waals surface area contributed by atoms with Gasteiger partial charge in [0, 0.05) is 11.6 Å². The van der Waals surface area contributed by atoms with Gasteiger partial charge in [-0.25, -0.2) is 8.78 Å². The smallest absolute Gasteiger partial charge is 0.159 e. The summed E-state index contributed by atoms with van der Waals surface area (Å²) in [4.78, 5) is 0. The Morgan fingerprint density at radius 1 is 1.25 bits per heavy atom. The van der Waals surface area contributed by atoms with Crippen LogP contribution in [-0.2, 0) is 6.61 Å². The number of nitrogens with two attached hydrogens (primary N) is 1. The van der Waals surface area contributed by atoms with Gasteiger partial charge in [0.15, 0.2) is 11.6 Å². The molecule has 0 saturated carbocycles. The van der Waals surface area contributed by atoms with Crippen molar-refractivity contribution in [2.75, 3.05) is 5.73 Å². The molecule has 0 unspecified atom stereocenters. The number of benzene rings is 1. The van der Waals surface area contributed by atoms with Gasteiger partial charge in [-0.2, -0.15) is 5.10 Å². The summed E-state index contributed by atoms with van der Waals surface area (Å²) in [6.07, 6.45) is 0. The molecule has 1 aromatic carbocycles. The van der Waals surface area contributed by atoms with Gasteiger partial charge in [-0.05, 0) is 17.7 Å². The Bertz CT molecular complexity index is 525. The Hall–Kier alpha value is -1.95. The SMILES string of the molecule is Nc1cc(-c2cc(F)c(F)cc2CO)[nH]n1. The lowest BCUT2D eigenvalue weighted by molar-refractivity contribution is 0.281. The molecule has 2 rings (SSSR count).